The van der Waals surface area contributed by atoms with Crippen molar-refractivity contribution in [1.29, 1.82) is 0 Å². The van der Waals surface area contributed by atoms with E-state index in [1.54, 1.807) is 13.0 Å². The summed E-state index contributed by atoms with van der Waals surface area (Å²) in [5.74, 6) is -3.00. The number of para-hydroxylation sites is 1. The first-order chi connectivity index (χ1) is 12.9. The number of nitrogens with zero attached hydrogens (tertiary/aromatic N) is 2. The number of Topliss-reactive ketones (excluding diaryl/α,β-unsaturated/α-hetero) is 1. The highest BCUT2D eigenvalue weighted by Crippen LogP contribution is 2.26. The summed E-state index contributed by atoms with van der Waals surface area (Å²) < 4.78 is 50.5. The van der Waals surface area contributed by atoms with Crippen molar-refractivity contribution in [3.8, 4) is 5.75 Å². The summed E-state index contributed by atoms with van der Waals surface area (Å²) in [7, 11) is 0. The van der Waals surface area contributed by atoms with Crippen molar-refractivity contribution < 1.29 is 27.1 Å². The minimum absolute atomic E-state index is 0.0393. The zero-order chi connectivity index (χ0) is 19.4. The molecule has 0 aliphatic carbocycles. The number of carbonyl (C=O) groups is 1. The molecule has 1 aromatic heterocycles. The van der Waals surface area contributed by atoms with Gasteiger partial charge in [-0.2, -0.15) is 0 Å². The van der Waals surface area contributed by atoms with Crippen LogP contribution in [0.5, 0.6) is 5.75 Å². The molecule has 0 N–H and O–H groups in total. The van der Waals surface area contributed by atoms with E-state index >= 15 is 0 Å². The number of hydrogen-bond acceptors (Lipinski definition) is 6. The van der Waals surface area contributed by atoms with Crippen molar-refractivity contribution in [3.05, 3.63) is 71.4 Å². The molecule has 3 aromatic rings. The van der Waals surface area contributed by atoms with Gasteiger partial charge in [-0.15, -0.1) is 10.2 Å². The summed E-state index contributed by atoms with van der Waals surface area (Å²) in [6, 6.07) is 8.83. The first kappa shape index (κ1) is 19.0. The van der Waals surface area contributed by atoms with Crippen LogP contribution < -0.4 is 4.74 Å². The van der Waals surface area contributed by atoms with Crippen LogP contribution in [0.4, 0.5) is 13.2 Å². The molecular weight excluding hydrogens is 381 g/mol. The highest BCUT2D eigenvalue weighted by molar-refractivity contribution is 7.99. The van der Waals surface area contributed by atoms with Crippen LogP contribution in [0.1, 0.15) is 29.3 Å². The molecule has 0 radical (unpaired) electrons. The van der Waals surface area contributed by atoms with E-state index < -0.39 is 29.3 Å². The zero-order valence-corrected chi connectivity index (χ0v) is 14.8. The Morgan fingerprint density at radius 3 is 2.63 bits per heavy atom. The number of benzene rings is 2. The molecule has 27 heavy (non-hydrogen) atoms. The molecule has 0 saturated carbocycles. The van der Waals surface area contributed by atoms with Crippen LogP contribution in [0, 0.1) is 17.5 Å². The lowest BCUT2D eigenvalue weighted by Crippen LogP contribution is -2.04. The Morgan fingerprint density at radius 2 is 1.89 bits per heavy atom. The first-order valence-electron chi connectivity index (χ1n) is 7.79. The largest absolute Gasteiger partial charge is 0.478 e. The fraction of sp³-hybridized carbons (Fsp3) is 0.167. The quantitative estimate of drug-likeness (QED) is 0.431. The maximum absolute atomic E-state index is 13.6. The van der Waals surface area contributed by atoms with Crippen molar-refractivity contribution in [2.45, 2.75) is 18.3 Å². The number of ketones is 1. The van der Waals surface area contributed by atoms with Gasteiger partial charge < -0.3 is 9.15 Å². The molecule has 0 aliphatic rings. The van der Waals surface area contributed by atoms with Crippen molar-refractivity contribution in [3.63, 3.8) is 0 Å². The lowest BCUT2D eigenvalue weighted by Gasteiger charge is -2.11. The number of ether oxygens (including phenoxy) is 1. The molecule has 1 heterocycles. The highest BCUT2D eigenvalue weighted by atomic mass is 32.2. The van der Waals surface area contributed by atoms with Gasteiger partial charge in [0.1, 0.15) is 0 Å². The average Bonchev–Trinajstić information content (AvgIpc) is 3.13. The van der Waals surface area contributed by atoms with Crippen molar-refractivity contribution >= 4 is 17.5 Å². The Hall–Kier alpha value is -2.81. The third-order valence-corrected chi connectivity index (χ3v) is 4.30. The molecule has 0 fully saturated rings. The minimum Gasteiger partial charge on any atom is -0.478 e. The Kier molecular flexibility index (Phi) is 5.80. The predicted octanol–water partition coefficient (Wildman–Crippen LogP) is 4.60. The van der Waals surface area contributed by atoms with Crippen LogP contribution in [0.3, 0.4) is 0 Å². The zero-order valence-electron chi connectivity index (χ0n) is 14.0. The highest BCUT2D eigenvalue weighted by Gasteiger charge is 2.18. The van der Waals surface area contributed by atoms with Gasteiger partial charge >= 0.3 is 0 Å². The predicted molar refractivity (Wildman–Crippen MR) is 91.2 cm³/mol. The van der Waals surface area contributed by atoms with Crippen LogP contribution >= 0.6 is 11.8 Å². The van der Waals surface area contributed by atoms with E-state index in [1.165, 1.54) is 24.3 Å². The Morgan fingerprint density at radius 1 is 1.11 bits per heavy atom. The van der Waals surface area contributed by atoms with Crippen molar-refractivity contribution in [2.75, 3.05) is 5.75 Å². The van der Waals surface area contributed by atoms with Gasteiger partial charge in [-0.05, 0) is 37.3 Å². The number of rotatable bonds is 7. The van der Waals surface area contributed by atoms with Gasteiger partial charge in [0.05, 0.1) is 5.75 Å². The second-order valence-electron chi connectivity index (χ2n) is 5.44. The van der Waals surface area contributed by atoms with Gasteiger partial charge in [0.2, 0.25) is 0 Å². The van der Waals surface area contributed by atoms with Crippen LogP contribution in [-0.2, 0) is 0 Å². The van der Waals surface area contributed by atoms with Gasteiger partial charge in [0.15, 0.2) is 35.1 Å². The van der Waals surface area contributed by atoms with E-state index in [1.807, 2.05) is 0 Å². The summed E-state index contributed by atoms with van der Waals surface area (Å²) in [5, 5.41) is 7.70. The molecule has 0 spiro atoms. The first-order valence-corrected chi connectivity index (χ1v) is 8.78. The number of hydrogen-bond donors (Lipinski definition) is 0. The monoisotopic (exact) mass is 394 g/mol. The Balaban J connectivity index is 1.59. The molecule has 0 bridgehead atoms. The summed E-state index contributed by atoms with van der Waals surface area (Å²) in [6.45, 7) is 1.61. The normalized spacial score (nSPS) is 12.0. The van der Waals surface area contributed by atoms with Crippen molar-refractivity contribution in [1.82, 2.24) is 10.2 Å². The average molecular weight is 394 g/mol. The number of aromatic nitrogens is 2. The second-order valence-corrected chi connectivity index (χ2v) is 6.36. The summed E-state index contributed by atoms with van der Waals surface area (Å²) in [5.41, 5.74) is 0.0393. The molecule has 0 amide bonds. The molecule has 5 nitrogen and oxygen atoms in total. The summed E-state index contributed by atoms with van der Waals surface area (Å²) in [6.07, 6.45) is -0.703. The van der Waals surface area contributed by atoms with Gasteiger partial charge in [-0.1, -0.05) is 23.9 Å². The number of halogens is 3. The SMILES string of the molecule is C[C@@H](Oc1ccccc1F)c1nnc(SCC(=O)c2ccc(F)c(F)c2)o1. The smallest absolute Gasteiger partial charge is 0.277 e. The van der Waals surface area contributed by atoms with Crippen LogP contribution in [0.2, 0.25) is 0 Å². The molecule has 1 atom stereocenters. The molecule has 140 valence electrons. The molecule has 3 rings (SSSR count). The maximum atomic E-state index is 13.6. The van der Waals surface area contributed by atoms with E-state index in [0.717, 1.165) is 23.9 Å². The maximum Gasteiger partial charge on any atom is 0.277 e. The topological polar surface area (TPSA) is 65.2 Å². The molecular formula is C18H13F3N2O3S. The van der Waals surface area contributed by atoms with E-state index in [0.29, 0.717) is 0 Å². The molecule has 0 aliphatic heterocycles. The lowest BCUT2D eigenvalue weighted by atomic mass is 10.1. The molecule has 0 saturated heterocycles. The third kappa shape index (κ3) is 4.68. The fourth-order valence-electron chi connectivity index (χ4n) is 2.10. The Bertz CT molecular complexity index is 965. The standard InChI is InChI=1S/C18H13F3N2O3S/c1-10(25-16-5-3-2-4-13(16)20)17-22-23-18(26-17)27-9-15(24)11-6-7-12(19)14(21)8-11/h2-8,10H,9H2,1H3/t10-/m1/s1. The third-order valence-electron chi connectivity index (χ3n) is 3.48. The minimum atomic E-state index is -1.09. The van der Waals surface area contributed by atoms with Gasteiger partial charge in [-0.25, -0.2) is 13.2 Å². The van der Waals surface area contributed by atoms with Gasteiger partial charge in [0, 0.05) is 5.56 Å². The van der Waals surface area contributed by atoms with Gasteiger partial charge in [-0.3, -0.25) is 4.79 Å². The summed E-state index contributed by atoms with van der Waals surface area (Å²) in [4.78, 5) is 12.0. The van der Waals surface area contributed by atoms with Crippen LogP contribution in [0.15, 0.2) is 52.1 Å². The van der Waals surface area contributed by atoms with E-state index in [-0.39, 0.29) is 28.2 Å². The molecule has 9 heteroatoms. The van der Waals surface area contributed by atoms with Gasteiger partial charge in [0.25, 0.3) is 11.1 Å². The number of carbonyl (C=O) groups excluding carboxylic acids is 1. The molecule has 0 unspecified atom stereocenters. The van der Waals surface area contributed by atoms with Crippen LogP contribution in [0.25, 0.3) is 0 Å². The van der Waals surface area contributed by atoms with E-state index in [2.05, 4.69) is 10.2 Å². The molecule has 2 aromatic carbocycles. The number of thioether (sulfide) groups is 1. The fourth-order valence-corrected chi connectivity index (χ4v) is 2.77. The van der Waals surface area contributed by atoms with E-state index in [4.69, 9.17) is 9.15 Å². The lowest BCUT2D eigenvalue weighted by molar-refractivity contribution is 0.102. The summed E-state index contributed by atoms with van der Waals surface area (Å²) >= 11 is 0.945. The van der Waals surface area contributed by atoms with Crippen LogP contribution in [-0.4, -0.2) is 21.7 Å². The second kappa shape index (κ2) is 8.26. The van der Waals surface area contributed by atoms with Crippen molar-refractivity contribution in [2.24, 2.45) is 0 Å². The van der Waals surface area contributed by atoms with E-state index in [9.17, 15) is 18.0 Å². The Labute approximate surface area is 156 Å².